The molecule has 1 heteroatoms. The number of hydrogen-bond acceptors (Lipinski definition) is 1. The summed E-state index contributed by atoms with van der Waals surface area (Å²) < 4.78 is 0. The Kier molecular flexibility index (Phi) is 3.13. The van der Waals surface area contributed by atoms with Crippen LogP contribution in [-0.2, 0) is 12.0 Å². The van der Waals surface area contributed by atoms with Gasteiger partial charge in [0.2, 0.25) is 0 Å². The van der Waals surface area contributed by atoms with Crippen molar-refractivity contribution in [3.63, 3.8) is 0 Å². The molecule has 3 rings (SSSR count). The summed E-state index contributed by atoms with van der Waals surface area (Å²) in [6.45, 7) is 7.71. The summed E-state index contributed by atoms with van der Waals surface area (Å²) in [5.74, 6) is 0. The van der Waals surface area contributed by atoms with Crippen molar-refractivity contribution in [2.75, 3.05) is 4.90 Å². The highest BCUT2D eigenvalue weighted by Crippen LogP contribution is 2.40. The maximum absolute atomic E-state index is 2.41. The Balaban J connectivity index is 2.03. The standard InChI is InChI=1S/C19H21N/c1-15-13-19(2,3)17-11-7-8-12-18(17)20(15)14-16-9-5-4-6-10-16/h4-13H,14H2,1-3H3. The van der Waals surface area contributed by atoms with Crippen molar-refractivity contribution >= 4 is 5.69 Å². The van der Waals surface area contributed by atoms with Gasteiger partial charge in [-0.3, -0.25) is 0 Å². The van der Waals surface area contributed by atoms with Crippen LogP contribution >= 0.6 is 0 Å². The third kappa shape index (κ3) is 2.24. The topological polar surface area (TPSA) is 3.24 Å². The molecule has 0 bridgehead atoms. The lowest BCUT2D eigenvalue weighted by molar-refractivity contribution is 0.637. The van der Waals surface area contributed by atoms with Crippen LogP contribution in [0.5, 0.6) is 0 Å². The van der Waals surface area contributed by atoms with Gasteiger partial charge in [0.05, 0.1) is 0 Å². The minimum absolute atomic E-state index is 0.105. The van der Waals surface area contributed by atoms with Gasteiger partial charge in [0, 0.05) is 23.3 Å². The molecule has 0 aliphatic carbocycles. The molecule has 102 valence electrons. The molecule has 0 radical (unpaired) electrons. The number of anilines is 1. The molecule has 0 unspecified atom stereocenters. The van der Waals surface area contributed by atoms with Crippen LogP contribution in [0.2, 0.25) is 0 Å². The predicted molar refractivity (Wildman–Crippen MR) is 85.9 cm³/mol. The lowest BCUT2D eigenvalue weighted by atomic mass is 9.80. The predicted octanol–water partition coefficient (Wildman–Crippen LogP) is 4.89. The van der Waals surface area contributed by atoms with Crippen LogP contribution in [0.25, 0.3) is 0 Å². The van der Waals surface area contributed by atoms with Gasteiger partial charge in [-0.1, -0.05) is 68.5 Å². The van der Waals surface area contributed by atoms with Gasteiger partial charge in [0.1, 0.15) is 0 Å². The summed E-state index contributed by atoms with van der Waals surface area (Å²) >= 11 is 0. The number of allylic oxidation sites excluding steroid dienone is 2. The van der Waals surface area contributed by atoms with Crippen molar-refractivity contribution < 1.29 is 0 Å². The highest BCUT2D eigenvalue weighted by molar-refractivity contribution is 5.64. The number of fused-ring (bicyclic) bond motifs is 1. The van der Waals surface area contributed by atoms with Gasteiger partial charge >= 0.3 is 0 Å². The second-order valence-electron chi connectivity index (χ2n) is 6.10. The lowest BCUT2D eigenvalue weighted by Gasteiger charge is -2.38. The normalized spacial score (nSPS) is 16.6. The SMILES string of the molecule is CC1=CC(C)(C)c2ccccc2N1Cc1ccccc1. The number of nitrogens with zero attached hydrogens (tertiary/aromatic N) is 1. The van der Waals surface area contributed by atoms with Crippen molar-refractivity contribution in [2.24, 2.45) is 0 Å². The maximum Gasteiger partial charge on any atom is 0.0478 e. The van der Waals surface area contributed by atoms with Crippen molar-refractivity contribution in [3.8, 4) is 0 Å². The van der Waals surface area contributed by atoms with Crippen molar-refractivity contribution in [1.82, 2.24) is 0 Å². The molecule has 0 saturated heterocycles. The van der Waals surface area contributed by atoms with E-state index in [1.807, 2.05) is 0 Å². The zero-order chi connectivity index (χ0) is 14.2. The molecule has 0 aromatic heterocycles. The van der Waals surface area contributed by atoms with E-state index >= 15 is 0 Å². The third-order valence-corrected chi connectivity index (χ3v) is 4.07. The molecule has 1 aliphatic heterocycles. The second-order valence-corrected chi connectivity index (χ2v) is 6.10. The molecule has 1 heterocycles. The van der Waals surface area contributed by atoms with Crippen molar-refractivity contribution in [2.45, 2.75) is 32.7 Å². The number of hydrogen-bond donors (Lipinski definition) is 0. The van der Waals surface area contributed by atoms with Crippen LogP contribution in [0, 0.1) is 0 Å². The quantitative estimate of drug-likeness (QED) is 0.745. The first-order valence-corrected chi connectivity index (χ1v) is 7.18. The van der Waals surface area contributed by atoms with Gasteiger partial charge in [0.15, 0.2) is 0 Å². The molecule has 20 heavy (non-hydrogen) atoms. The maximum atomic E-state index is 2.41. The summed E-state index contributed by atoms with van der Waals surface area (Å²) in [6.07, 6.45) is 2.37. The van der Waals surface area contributed by atoms with Gasteiger partial charge in [-0.05, 0) is 24.1 Å². The van der Waals surface area contributed by atoms with E-state index in [0.717, 1.165) is 6.54 Å². The Hall–Kier alpha value is -2.02. The van der Waals surface area contributed by atoms with Gasteiger partial charge in [-0.2, -0.15) is 0 Å². The Bertz CT molecular complexity index is 638. The van der Waals surface area contributed by atoms with Crippen molar-refractivity contribution in [3.05, 3.63) is 77.5 Å². The third-order valence-electron chi connectivity index (χ3n) is 4.07. The van der Waals surface area contributed by atoms with E-state index in [9.17, 15) is 0 Å². The van der Waals surface area contributed by atoms with E-state index in [1.165, 1.54) is 22.5 Å². The highest BCUT2D eigenvalue weighted by Gasteiger charge is 2.29. The molecule has 0 fully saturated rings. The number of rotatable bonds is 2. The zero-order valence-electron chi connectivity index (χ0n) is 12.4. The van der Waals surface area contributed by atoms with Crippen LogP contribution in [0.3, 0.4) is 0 Å². The Morgan fingerprint density at radius 1 is 0.900 bits per heavy atom. The van der Waals surface area contributed by atoms with Gasteiger partial charge in [-0.25, -0.2) is 0 Å². The molecular formula is C19H21N. The summed E-state index contributed by atoms with van der Waals surface area (Å²) in [4.78, 5) is 2.41. The fourth-order valence-corrected chi connectivity index (χ4v) is 3.10. The largest absolute Gasteiger partial charge is 0.341 e. The van der Waals surface area contributed by atoms with E-state index in [-0.39, 0.29) is 5.41 Å². The van der Waals surface area contributed by atoms with E-state index in [1.54, 1.807) is 0 Å². The van der Waals surface area contributed by atoms with E-state index in [4.69, 9.17) is 0 Å². The summed E-state index contributed by atoms with van der Waals surface area (Å²) in [7, 11) is 0. The van der Waals surface area contributed by atoms with E-state index in [0.29, 0.717) is 0 Å². The van der Waals surface area contributed by atoms with Crippen LogP contribution < -0.4 is 4.90 Å². The van der Waals surface area contributed by atoms with Gasteiger partial charge in [0.25, 0.3) is 0 Å². The van der Waals surface area contributed by atoms with Crippen molar-refractivity contribution in [1.29, 1.82) is 0 Å². The Morgan fingerprint density at radius 3 is 2.30 bits per heavy atom. The Morgan fingerprint density at radius 2 is 1.55 bits per heavy atom. The van der Waals surface area contributed by atoms with Gasteiger partial charge in [-0.15, -0.1) is 0 Å². The molecule has 2 aromatic rings. The molecule has 0 atom stereocenters. The smallest absolute Gasteiger partial charge is 0.0478 e. The first-order chi connectivity index (χ1) is 9.58. The first-order valence-electron chi connectivity index (χ1n) is 7.18. The Labute approximate surface area is 121 Å². The molecule has 2 aromatic carbocycles. The van der Waals surface area contributed by atoms with Crippen LogP contribution in [0.4, 0.5) is 5.69 Å². The number of para-hydroxylation sites is 1. The van der Waals surface area contributed by atoms with Crippen LogP contribution in [0.1, 0.15) is 31.9 Å². The highest BCUT2D eigenvalue weighted by atomic mass is 15.1. The number of benzene rings is 2. The molecule has 0 saturated carbocycles. The summed E-state index contributed by atoms with van der Waals surface area (Å²) in [6, 6.07) is 19.4. The average molecular weight is 263 g/mol. The monoisotopic (exact) mass is 263 g/mol. The fraction of sp³-hybridized carbons (Fsp3) is 0.263. The van der Waals surface area contributed by atoms with Crippen LogP contribution in [-0.4, -0.2) is 0 Å². The van der Waals surface area contributed by atoms with E-state index < -0.39 is 0 Å². The minimum atomic E-state index is 0.105. The zero-order valence-corrected chi connectivity index (χ0v) is 12.4. The van der Waals surface area contributed by atoms with Crippen LogP contribution in [0.15, 0.2) is 66.4 Å². The molecule has 1 nitrogen and oxygen atoms in total. The molecule has 0 amide bonds. The molecule has 1 aliphatic rings. The molecule has 0 spiro atoms. The fourth-order valence-electron chi connectivity index (χ4n) is 3.10. The lowest BCUT2D eigenvalue weighted by Crippen LogP contribution is -2.31. The molecule has 0 N–H and O–H groups in total. The summed E-state index contributed by atoms with van der Waals surface area (Å²) in [5, 5.41) is 0. The van der Waals surface area contributed by atoms with Gasteiger partial charge < -0.3 is 4.90 Å². The van der Waals surface area contributed by atoms with E-state index in [2.05, 4.69) is 86.3 Å². The second kappa shape index (κ2) is 4.82. The average Bonchev–Trinajstić information content (AvgIpc) is 2.44. The molecular weight excluding hydrogens is 242 g/mol. The minimum Gasteiger partial charge on any atom is -0.341 e. The first kappa shape index (κ1) is 13.0. The summed E-state index contributed by atoms with van der Waals surface area (Å²) in [5.41, 5.74) is 5.52.